The fourth-order valence-corrected chi connectivity index (χ4v) is 3.32. The van der Waals surface area contributed by atoms with Crippen LogP contribution in [0.15, 0.2) is 23.7 Å². The SMILES string of the molecule is COC(=O)c1c(CC(C)C)csc1NC(=O)c1ccc(N(C)C)nc1. The van der Waals surface area contributed by atoms with Crippen molar-refractivity contribution in [1.82, 2.24) is 4.98 Å². The summed E-state index contributed by atoms with van der Waals surface area (Å²) in [7, 11) is 5.11. The third kappa shape index (κ3) is 4.57. The van der Waals surface area contributed by atoms with Gasteiger partial charge in [0.15, 0.2) is 0 Å². The van der Waals surface area contributed by atoms with Crippen molar-refractivity contribution in [3.63, 3.8) is 0 Å². The first-order chi connectivity index (χ1) is 11.8. The summed E-state index contributed by atoms with van der Waals surface area (Å²) >= 11 is 1.33. The zero-order valence-electron chi connectivity index (χ0n) is 15.1. The topological polar surface area (TPSA) is 71.5 Å². The molecule has 1 amide bonds. The van der Waals surface area contributed by atoms with Crippen molar-refractivity contribution < 1.29 is 14.3 Å². The maximum atomic E-state index is 12.5. The molecule has 7 heteroatoms. The Hall–Kier alpha value is -2.41. The lowest BCUT2D eigenvalue weighted by molar-refractivity contribution is 0.0601. The second-order valence-electron chi connectivity index (χ2n) is 6.31. The van der Waals surface area contributed by atoms with Crippen LogP contribution < -0.4 is 10.2 Å². The van der Waals surface area contributed by atoms with Gasteiger partial charge in [-0.05, 0) is 35.4 Å². The van der Waals surface area contributed by atoms with Gasteiger partial charge in [0.05, 0.1) is 18.2 Å². The van der Waals surface area contributed by atoms with Gasteiger partial charge in [-0.1, -0.05) is 13.8 Å². The van der Waals surface area contributed by atoms with E-state index in [1.807, 2.05) is 24.4 Å². The van der Waals surface area contributed by atoms with E-state index in [-0.39, 0.29) is 5.91 Å². The van der Waals surface area contributed by atoms with Gasteiger partial charge in [0, 0.05) is 20.3 Å². The molecule has 0 unspecified atom stereocenters. The zero-order chi connectivity index (χ0) is 18.6. The monoisotopic (exact) mass is 361 g/mol. The van der Waals surface area contributed by atoms with Gasteiger partial charge in [0.25, 0.3) is 5.91 Å². The minimum Gasteiger partial charge on any atom is -0.465 e. The first-order valence-corrected chi connectivity index (χ1v) is 8.84. The Morgan fingerprint density at radius 3 is 2.56 bits per heavy atom. The average molecular weight is 361 g/mol. The number of esters is 1. The first kappa shape index (κ1) is 18.9. The van der Waals surface area contributed by atoms with Crippen molar-refractivity contribution in [1.29, 1.82) is 0 Å². The van der Waals surface area contributed by atoms with Gasteiger partial charge >= 0.3 is 5.97 Å². The number of hydrogen-bond acceptors (Lipinski definition) is 6. The van der Waals surface area contributed by atoms with Crippen LogP contribution in [-0.4, -0.2) is 38.1 Å². The number of amides is 1. The Balaban J connectivity index is 2.25. The normalized spacial score (nSPS) is 10.6. The van der Waals surface area contributed by atoms with E-state index in [2.05, 4.69) is 24.1 Å². The molecule has 0 aliphatic carbocycles. The number of ether oxygens (including phenoxy) is 1. The average Bonchev–Trinajstić information content (AvgIpc) is 2.95. The number of carbonyl (C=O) groups is 2. The standard InChI is InChI=1S/C18H23N3O3S/c1-11(2)8-13-10-25-17(15(13)18(23)24-5)20-16(22)12-6-7-14(19-9-12)21(3)4/h6-7,9-11H,8H2,1-5H3,(H,20,22). The number of aromatic nitrogens is 1. The van der Waals surface area contributed by atoms with E-state index in [0.717, 1.165) is 17.8 Å². The molecule has 1 N–H and O–H groups in total. The number of rotatable bonds is 6. The van der Waals surface area contributed by atoms with Crippen LogP contribution in [0.5, 0.6) is 0 Å². The highest BCUT2D eigenvalue weighted by atomic mass is 32.1. The van der Waals surface area contributed by atoms with Gasteiger partial charge in [-0.2, -0.15) is 0 Å². The Morgan fingerprint density at radius 1 is 1.32 bits per heavy atom. The van der Waals surface area contributed by atoms with Gasteiger partial charge < -0.3 is 15.0 Å². The molecule has 0 saturated carbocycles. The van der Waals surface area contributed by atoms with Crippen molar-refractivity contribution >= 4 is 34.0 Å². The molecule has 25 heavy (non-hydrogen) atoms. The van der Waals surface area contributed by atoms with E-state index in [1.54, 1.807) is 12.1 Å². The number of carbonyl (C=O) groups excluding carboxylic acids is 2. The van der Waals surface area contributed by atoms with E-state index in [9.17, 15) is 9.59 Å². The third-order valence-corrected chi connectivity index (χ3v) is 4.52. The van der Waals surface area contributed by atoms with E-state index < -0.39 is 5.97 Å². The summed E-state index contributed by atoms with van der Waals surface area (Å²) in [5.74, 6) is 0.417. The van der Waals surface area contributed by atoms with Crippen LogP contribution in [0.4, 0.5) is 10.8 Å². The largest absolute Gasteiger partial charge is 0.465 e. The molecule has 0 radical (unpaired) electrons. The van der Waals surface area contributed by atoms with E-state index in [0.29, 0.717) is 22.0 Å². The number of hydrogen-bond donors (Lipinski definition) is 1. The van der Waals surface area contributed by atoms with Crippen molar-refractivity contribution in [2.24, 2.45) is 5.92 Å². The van der Waals surface area contributed by atoms with E-state index >= 15 is 0 Å². The highest BCUT2D eigenvalue weighted by molar-refractivity contribution is 7.15. The molecule has 0 fully saturated rings. The predicted molar refractivity (Wildman–Crippen MR) is 101 cm³/mol. The molecular weight excluding hydrogens is 338 g/mol. The predicted octanol–water partition coefficient (Wildman–Crippen LogP) is 3.45. The molecule has 2 rings (SSSR count). The van der Waals surface area contributed by atoms with Gasteiger partial charge in [-0.25, -0.2) is 9.78 Å². The van der Waals surface area contributed by atoms with Crippen LogP contribution in [0.3, 0.4) is 0 Å². The second-order valence-corrected chi connectivity index (χ2v) is 7.19. The molecule has 0 aromatic carbocycles. The molecule has 0 bridgehead atoms. The van der Waals surface area contributed by atoms with E-state index in [4.69, 9.17) is 4.74 Å². The molecule has 2 aromatic heterocycles. The summed E-state index contributed by atoms with van der Waals surface area (Å²) in [6.07, 6.45) is 2.26. The minimum atomic E-state index is -0.437. The second kappa shape index (κ2) is 8.11. The van der Waals surface area contributed by atoms with Crippen LogP contribution >= 0.6 is 11.3 Å². The van der Waals surface area contributed by atoms with Crippen molar-refractivity contribution in [3.8, 4) is 0 Å². The Morgan fingerprint density at radius 2 is 2.04 bits per heavy atom. The number of nitrogens with zero attached hydrogens (tertiary/aromatic N) is 2. The summed E-state index contributed by atoms with van der Waals surface area (Å²) in [4.78, 5) is 30.7. The lowest BCUT2D eigenvalue weighted by Crippen LogP contribution is -2.16. The number of methoxy groups -OCH3 is 1. The fourth-order valence-electron chi connectivity index (χ4n) is 2.36. The van der Waals surface area contributed by atoms with Crippen LogP contribution in [0.25, 0.3) is 0 Å². The highest BCUT2D eigenvalue weighted by Gasteiger charge is 2.22. The summed E-state index contributed by atoms with van der Waals surface area (Å²) in [5, 5.41) is 5.21. The summed E-state index contributed by atoms with van der Waals surface area (Å²) in [6, 6.07) is 3.48. The number of anilines is 2. The Labute approximate surface area is 151 Å². The summed E-state index contributed by atoms with van der Waals surface area (Å²) in [5.41, 5.74) is 1.76. The number of thiophene rings is 1. The van der Waals surface area contributed by atoms with Gasteiger partial charge in [-0.3, -0.25) is 4.79 Å². The van der Waals surface area contributed by atoms with Crippen LogP contribution in [0, 0.1) is 5.92 Å². The van der Waals surface area contributed by atoms with Crippen molar-refractivity contribution in [3.05, 3.63) is 40.4 Å². The smallest absolute Gasteiger partial charge is 0.341 e. The molecule has 2 heterocycles. The molecule has 0 spiro atoms. The number of nitrogens with one attached hydrogen (secondary N) is 1. The molecule has 134 valence electrons. The number of pyridine rings is 1. The van der Waals surface area contributed by atoms with E-state index in [1.165, 1.54) is 24.6 Å². The Bertz CT molecular complexity index is 751. The lowest BCUT2D eigenvalue weighted by Gasteiger charge is -2.11. The first-order valence-electron chi connectivity index (χ1n) is 7.96. The lowest BCUT2D eigenvalue weighted by atomic mass is 10.0. The molecule has 0 saturated heterocycles. The molecular formula is C18H23N3O3S. The van der Waals surface area contributed by atoms with Gasteiger partial charge in [0.2, 0.25) is 0 Å². The van der Waals surface area contributed by atoms with Crippen LogP contribution in [0.2, 0.25) is 0 Å². The molecule has 0 aliphatic heterocycles. The van der Waals surface area contributed by atoms with Gasteiger partial charge in [-0.15, -0.1) is 11.3 Å². The maximum absolute atomic E-state index is 12.5. The highest BCUT2D eigenvalue weighted by Crippen LogP contribution is 2.31. The van der Waals surface area contributed by atoms with Crippen LogP contribution in [0.1, 0.15) is 40.1 Å². The molecule has 0 atom stereocenters. The zero-order valence-corrected chi connectivity index (χ0v) is 15.9. The quantitative estimate of drug-likeness (QED) is 0.798. The molecule has 6 nitrogen and oxygen atoms in total. The van der Waals surface area contributed by atoms with Crippen molar-refractivity contribution in [2.75, 3.05) is 31.4 Å². The van der Waals surface area contributed by atoms with Gasteiger partial charge in [0.1, 0.15) is 10.8 Å². The van der Waals surface area contributed by atoms with Crippen molar-refractivity contribution in [2.45, 2.75) is 20.3 Å². The summed E-state index contributed by atoms with van der Waals surface area (Å²) < 4.78 is 4.89. The third-order valence-electron chi connectivity index (χ3n) is 3.58. The molecule has 0 aliphatic rings. The minimum absolute atomic E-state index is 0.305. The molecule has 2 aromatic rings. The summed E-state index contributed by atoms with van der Waals surface area (Å²) in [6.45, 7) is 4.16. The maximum Gasteiger partial charge on any atom is 0.341 e. The Kier molecular flexibility index (Phi) is 6.14. The fraction of sp³-hybridized carbons (Fsp3) is 0.389. The van der Waals surface area contributed by atoms with Crippen LogP contribution in [-0.2, 0) is 11.2 Å².